The van der Waals surface area contributed by atoms with Crippen molar-refractivity contribution < 1.29 is 36.7 Å². The molecule has 0 aromatic heterocycles. The van der Waals surface area contributed by atoms with Crippen LogP contribution in [0.25, 0.3) is 0 Å². The Hall–Kier alpha value is -0.290. The second kappa shape index (κ2) is 6.93. The lowest BCUT2D eigenvalue weighted by Gasteiger charge is -2.42. The van der Waals surface area contributed by atoms with Crippen molar-refractivity contribution in [2.45, 2.75) is 30.7 Å². The van der Waals surface area contributed by atoms with Crippen LogP contribution >= 0.6 is 0 Å². The zero-order valence-corrected chi connectivity index (χ0v) is 12.1. The molecule has 9 heteroatoms. The lowest BCUT2D eigenvalue weighted by molar-refractivity contribution is -0.291. The highest BCUT2D eigenvalue weighted by Gasteiger charge is 2.48. The highest BCUT2D eigenvalue weighted by molar-refractivity contribution is 7.86. The minimum Gasteiger partial charge on any atom is -0.382 e. The summed E-state index contributed by atoms with van der Waals surface area (Å²) in [6, 6.07) is 0. The molecule has 1 aliphatic heterocycles. The van der Waals surface area contributed by atoms with E-state index in [1.54, 1.807) is 0 Å². The summed E-state index contributed by atoms with van der Waals surface area (Å²) in [7, 11) is 0.439. The minimum absolute atomic E-state index is 0.0491. The first kappa shape index (κ1) is 16.8. The molecule has 1 N–H and O–H groups in total. The van der Waals surface area contributed by atoms with Crippen LogP contribution in [0, 0.1) is 0 Å². The molecule has 1 heterocycles. The van der Waals surface area contributed by atoms with Gasteiger partial charge in [0.2, 0.25) is 0 Å². The monoisotopic (exact) mass is 300 g/mol. The van der Waals surface area contributed by atoms with Crippen molar-refractivity contribution in [1.29, 1.82) is 0 Å². The molecule has 0 aromatic carbocycles. The summed E-state index contributed by atoms with van der Waals surface area (Å²) < 4.78 is 48.0. The maximum atomic E-state index is 11.3. The van der Waals surface area contributed by atoms with E-state index >= 15 is 0 Å². The summed E-state index contributed by atoms with van der Waals surface area (Å²) in [5, 5.41) is 9.80. The second-order valence-corrected chi connectivity index (χ2v) is 5.79. The Bertz CT molecular complexity index is 370. The van der Waals surface area contributed by atoms with E-state index in [9.17, 15) is 13.5 Å². The molecule has 0 radical (unpaired) electrons. The van der Waals surface area contributed by atoms with Crippen LogP contribution in [0.5, 0.6) is 0 Å². The lowest BCUT2D eigenvalue weighted by Crippen LogP contribution is -2.61. The van der Waals surface area contributed by atoms with Gasteiger partial charge in [-0.1, -0.05) is 0 Å². The van der Waals surface area contributed by atoms with E-state index in [0.717, 1.165) is 6.26 Å². The lowest BCUT2D eigenvalue weighted by atomic mass is 9.99. The Kier molecular flexibility index (Phi) is 6.12. The molecule has 0 amide bonds. The molecule has 0 aliphatic carbocycles. The Labute approximate surface area is 112 Å². The van der Waals surface area contributed by atoms with Crippen molar-refractivity contribution in [1.82, 2.24) is 0 Å². The molecule has 8 nitrogen and oxygen atoms in total. The quantitative estimate of drug-likeness (QED) is 0.606. The second-order valence-electron chi connectivity index (χ2n) is 4.19. The van der Waals surface area contributed by atoms with E-state index < -0.39 is 40.8 Å². The zero-order valence-electron chi connectivity index (χ0n) is 11.3. The normalized spacial score (nSPS) is 36.4. The molecule has 5 atom stereocenters. The Morgan fingerprint density at radius 1 is 1.11 bits per heavy atom. The van der Waals surface area contributed by atoms with Crippen molar-refractivity contribution in [2.75, 3.05) is 34.2 Å². The molecular weight excluding hydrogens is 280 g/mol. The number of aliphatic hydroxyl groups is 1. The molecule has 1 fully saturated rings. The third-order valence-corrected chi connectivity index (χ3v) is 3.34. The fourth-order valence-electron chi connectivity index (χ4n) is 2.03. The average molecular weight is 300 g/mol. The topological polar surface area (TPSA) is 101 Å². The van der Waals surface area contributed by atoms with Gasteiger partial charge < -0.3 is 24.1 Å². The van der Waals surface area contributed by atoms with Crippen LogP contribution < -0.4 is 0 Å². The molecule has 114 valence electrons. The molecule has 0 spiro atoms. The number of ether oxygens (including phenoxy) is 4. The first-order valence-electron chi connectivity index (χ1n) is 5.60. The predicted molar refractivity (Wildman–Crippen MR) is 64.1 cm³/mol. The van der Waals surface area contributed by atoms with Gasteiger partial charge in [0, 0.05) is 21.3 Å². The van der Waals surface area contributed by atoms with Crippen molar-refractivity contribution in [3.8, 4) is 0 Å². The van der Waals surface area contributed by atoms with Crippen molar-refractivity contribution >= 4 is 10.1 Å². The smallest absolute Gasteiger partial charge is 0.264 e. The maximum absolute atomic E-state index is 11.3. The van der Waals surface area contributed by atoms with Gasteiger partial charge in [0.15, 0.2) is 6.29 Å². The van der Waals surface area contributed by atoms with E-state index in [-0.39, 0.29) is 6.61 Å². The Morgan fingerprint density at radius 3 is 2.11 bits per heavy atom. The van der Waals surface area contributed by atoms with Crippen molar-refractivity contribution in [3.63, 3.8) is 0 Å². The van der Waals surface area contributed by atoms with Gasteiger partial charge in [-0.05, 0) is 0 Å². The standard InChI is InChI=1S/C10H20O8S/c1-14-5-6-7(18-19(4,12)13)8(15-2)9(16-3)10(11)17-6/h6-11H,5H2,1-4H3/t6-,7+,8+,9-,10-/m1/s1. The average Bonchev–Trinajstić information content (AvgIpc) is 2.30. The molecule has 0 aromatic rings. The molecule has 0 saturated carbocycles. The molecule has 0 bridgehead atoms. The number of methoxy groups -OCH3 is 3. The fourth-order valence-corrected chi connectivity index (χ4v) is 2.67. The summed E-state index contributed by atoms with van der Waals surface area (Å²) in [4.78, 5) is 0. The van der Waals surface area contributed by atoms with Crippen LogP contribution in [-0.2, 0) is 33.2 Å². The summed E-state index contributed by atoms with van der Waals surface area (Å²) in [5.41, 5.74) is 0. The summed E-state index contributed by atoms with van der Waals surface area (Å²) in [6.07, 6.45) is -3.74. The molecular formula is C10H20O8S. The highest BCUT2D eigenvalue weighted by atomic mass is 32.2. The summed E-state index contributed by atoms with van der Waals surface area (Å²) >= 11 is 0. The van der Waals surface area contributed by atoms with Crippen LogP contribution in [0.15, 0.2) is 0 Å². The van der Waals surface area contributed by atoms with Gasteiger partial charge in [-0.2, -0.15) is 8.42 Å². The first-order valence-corrected chi connectivity index (χ1v) is 7.42. The van der Waals surface area contributed by atoms with E-state index in [4.69, 9.17) is 23.1 Å². The zero-order chi connectivity index (χ0) is 14.6. The Balaban J connectivity index is 2.99. The fraction of sp³-hybridized carbons (Fsp3) is 1.00. The SMILES string of the molecule is COC[C@H]1O[C@@H](O)[C@H](OC)[C@@H](OC)[C@H]1OS(C)(=O)=O. The van der Waals surface area contributed by atoms with Crippen molar-refractivity contribution in [3.05, 3.63) is 0 Å². The van der Waals surface area contributed by atoms with Gasteiger partial charge in [-0.3, -0.25) is 4.18 Å². The van der Waals surface area contributed by atoms with Gasteiger partial charge >= 0.3 is 0 Å². The maximum Gasteiger partial charge on any atom is 0.264 e. The molecule has 0 unspecified atom stereocenters. The molecule has 1 saturated heterocycles. The molecule has 1 rings (SSSR count). The largest absolute Gasteiger partial charge is 0.382 e. The van der Waals surface area contributed by atoms with E-state index in [2.05, 4.69) is 0 Å². The minimum atomic E-state index is -3.72. The number of aliphatic hydroxyl groups excluding tert-OH is 1. The third-order valence-electron chi connectivity index (χ3n) is 2.77. The van der Waals surface area contributed by atoms with Gasteiger partial charge in [-0.25, -0.2) is 0 Å². The number of hydrogen-bond donors (Lipinski definition) is 1. The van der Waals surface area contributed by atoms with Gasteiger partial charge in [-0.15, -0.1) is 0 Å². The van der Waals surface area contributed by atoms with Crippen LogP contribution in [0.4, 0.5) is 0 Å². The third kappa shape index (κ3) is 4.35. The first-order chi connectivity index (χ1) is 8.84. The molecule has 19 heavy (non-hydrogen) atoms. The van der Waals surface area contributed by atoms with E-state index in [0.29, 0.717) is 0 Å². The van der Waals surface area contributed by atoms with Crippen LogP contribution in [-0.4, -0.2) is 78.4 Å². The highest BCUT2D eigenvalue weighted by Crippen LogP contribution is 2.27. The van der Waals surface area contributed by atoms with Crippen molar-refractivity contribution in [2.24, 2.45) is 0 Å². The van der Waals surface area contributed by atoms with Gasteiger partial charge in [0.05, 0.1) is 12.9 Å². The van der Waals surface area contributed by atoms with Gasteiger partial charge in [0.1, 0.15) is 24.4 Å². The van der Waals surface area contributed by atoms with Gasteiger partial charge in [0.25, 0.3) is 10.1 Å². The van der Waals surface area contributed by atoms with Crippen LogP contribution in [0.2, 0.25) is 0 Å². The predicted octanol–water partition coefficient (Wildman–Crippen LogP) is -1.28. The molecule has 1 aliphatic rings. The van der Waals surface area contributed by atoms with E-state index in [1.165, 1.54) is 21.3 Å². The Morgan fingerprint density at radius 2 is 1.68 bits per heavy atom. The number of hydrogen-bond acceptors (Lipinski definition) is 8. The van der Waals surface area contributed by atoms with Crippen LogP contribution in [0.3, 0.4) is 0 Å². The van der Waals surface area contributed by atoms with Crippen LogP contribution in [0.1, 0.15) is 0 Å². The number of rotatable bonds is 6. The summed E-state index contributed by atoms with van der Waals surface area (Å²) in [5.74, 6) is 0. The summed E-state index contributed by atoms with van der Waals surface area (Å²) in [6.45, 7) is 0.0491. The van der Waals surface area contributed by atoms with E-state index in [1.807, 2.05) is 0 Å².